The molecule has 0 spiro atoms. The molecule has 0 N–H and O–H groups in total. The molecule has 10 heteroatoms. The molecule has 0 bridgehead atoms. The first-order chi connectivity index (χ1) is 11.5. The minimum Gasteiger partial charge on any atom is -0.465 e. The fourth-order valence-corrected chi connectivity index (χ4v) is 3.86. The lowest BCUT2D eigenvalue weighted by Crippen LogP contribution is -1.99. The Balaban J connectivity index is 2.00. The first-order valence-electron chi connectivity index (χ1n) is 6.92. The van der Waals surface area contributed by atoms with E-state index in [-0.39, 0.29) is 5.97 Å². The lowest BCUT2D eigenvalue weighted by molar-refractivity contribution is 0.0605. The third-order valence-electron chi connectivity index (χ3n) is 3.63. The number of nitrogens with zero attached hydrogens (tertiary/aromatic N) is 6. The molecule has 0 aliphatic carbocycles. The second-order valence-electron chi connectivity index (χ2n) is 5.18. The fraction of sp³-hybridized carbons (Fsp3) is 0.214. The highest BCUT2D eigenvalue weighted by Gasteiger charge is 2.22. The summed E-state index contributed by atoms with van der Waals surface area (Å²) < 4.78 is 7.98. The quantitative estimate of drug-likeness (QED) is 0.509. The van der Waals surface area contributed by atoms with Gasteiger partial charge in [-0.1, -0.05) is 11.6 Å². The van der Waals surface area contributed by atoms with Gasteiger partial charge in [0.1, 0.15) is 16.0 Å². The van der Waals surface area contributed by atoms with Crippen LogP contribution in [0.5, 0.6) is 0 Å². The van der Waals surface area contributed by atoms with Gasteiger partial charge < -0.3 is 4.74 Å². The number of aromatic nitrogens is 6. The molecule has 0 saturated carbocycles. The maximum atomic E-state index is 11.9. The van der Waals surface area contributed by atoms with Crippen molar-refractivity contribution in [3.05, 3.63) is 28.0 Å². The average Bonchev–Trinajstić information content (AvgIpc) is 3.21. The Bertz CT molecular complexity index is 1110. The number of hydrogen-bond donors (Lipinski definition) is 0. The predicted octanol–water partition coefficient (Wildman–Crippen LogP) is 2.49. The van der Waals surface area contributed by atoms with E-state index in [9.17, 15) is 4.79 Å². The molecule has 8 nitrogen and oxygen atoms in total. The number of ether oxygens (including phenoxy) is 1. The van der Waals surface area contributed by atoms with Gasteiger partial charge in [0.15, 0.2) is 11.3 Å². The Hall–Kier alpha value is -2.52. The van der Waals surface area contributed by atoms with Crippen LogP contribution in [0.3, 0.4) is 0 Å². The van der Waals surface area contributed by atoms with Crippen LogP contribution in [0.25, 0.3) is 27.4 Å². The number of thiophene rings is 1. The number of aryl methyl sites for hydroxylation is 2. The van der Waals surface area contributed by atoms with Gasteiger partial charge in [-0.2, -0.15) is 5.10 Å². The summed E-state index contributed by atoms with van der Waals surface area (Å²) in [5.41, 5.74) is 1.86. The first-order valence-corrected chi connectivity index (χ1v) is 8.11. The molecule has 0 aliphatic heterocycles. The van der Waals surface area contributed by atoms with E-state index in [0.717, 1.165) is 10.9 Å². The van der Waals surface area contributed by atoms with Crippen LogP contribution in [-0.4, -0.2) is 42.4 Å². The molecule has 0 amide bonds. The van der Waals surface area contributed by atoms with Gasteiger partial charge in [0.05, 0.1) is 17.5 Å². The number of hydrogen-bond acceptors (Lipinski definition) is 7. The summed E-state index contributed by atoms with van der Waals surface area (Å²) in [6.45, 7) is 1.84. The molecule has 0 radical (unpaired) electrons. The van der Waals surface area contributed by atoms with Gasteiger partial charge in [-0.3, -0.25) is 4.68 Å². The van der Waals surface area contributed by atoms with Crippen LogP contribution < -0.4 is 0 Å². The molecule has 0 fully saturated rings. The lowest BCUT2D eigenvalue weighted by atomic mass is 10.2. The van der Waals surface area contributed by atoms with Gasteiger partial charge in [-0.15, -0.1) is 16.4 Å². The number of carbonyl (C=O) groups is 1. The minimum atomic E-state index is -0.388. The summed E-state index contributed by atoms with van der Waals surface area (Å²) in [4.78, 5) is 22.0. The molecule has 0 aromatic carbocycles. The zero-order chi connectivity index (χ0) is 17.0. The highest BCUT2D eigenvalue weighted by atomic mass is 35.5. The molecule has 4 rings (SSSR count). The van der Waals surface area contributed by atoms with Crippen molar-refractivity contribution < 1.29 is 9.53 Å². The van der Waals surface area contributed by atoms with Crippen molar-refractivity contribution in [1.82, 2.24) is 29.4 Å². The predicted molar refractivity (Wildman–Crippen MR) is 89.5 cm³/mol. The van der Waals surface area contributed by atoms with E-state index in [1.54, 1.807) is 28.8 Å². The second-order valence-corrected chi connectivity index (χ2v) is 6.58. The fourth-order valence-electron chi connectivity index (χ4n) is 2.53. The van der Waals surface area contributed by atoms with E-state index in [4.69, 9.17) is 16.3 Å². The standard InChI is InChI=1S/C14H11ClN6O2S/c1-6-8-12-17-11(9-7(15)4-20(2)18-9)19-21(12)5-16-13(8)24-10(6)14(22)23-3/h4-5H,1-3H3. The van der Waals surface area contributed by atoms with Crippen molar-refractivity contribution in [2.75, 3.05) is 7.11 Å². The van der Waals surface area contributed by atoms with Crippen molar-refractivity contribution in [1.29, 1.82) is 0 Å². The number of esters is 1. The van der Waals surface area contributed by atoms with Crippen LogP contribution in [0.1, 0.15) is 15.2 Å². The highest BCUT2D eigenvalue weighted by molar-refractivity contribution is 7.20. The summed E-state index contributed by atoms with van der Waals surface area (Å²) in [6.07, 6.45) is 3.24. The smallest absolute Gasteiger partial charge is 0.348 e. The SMILES string of the molecule is COC(=O)c1sc2ncn3nc(-c4nn(C)cc4Cl)nc3c2c1C. The van der Waals surface area contributed by atoms with Gasteiger partial charge in [0, 0.05) is 13.2 Å². The number of carbonyl (C=O) groups excluding carboxylic acids is 1. The lowest BCUT2D eigenvalue weighted by Gasteiger charge is -1.96. The highest BCUT2D eigenvalue weighted by Crippen LogP contribution is 2.33. The number of rotatable bonds is 2. The zero-order valence-electron chi connectivity index (χ0n) is 12.9. The Morgan fingerprint density at radius 3 is 2.83 bits per heavy atom. The molecule has 4 aromatic heterocycles. The summed E-state index contributed by atoms with van der Waals surface area (Å²) in [6, 6.07) is 0. The summed E-state index contributed by atoms with van der Waals surface area (Å²) in [5, 5.41) is 9.91. The Morgan fingerprint density at radius 1 is 1.38 bits per heavy atom. The molecule has 0 atom stereocenters. The number of fused-ring (bicyclic) bond motifs is 3. The van der Waals surface area contributed by atoms with Crippen LogP contribution in [0.4, 0.5) is 0 Å². The van der Waals surface area contributed by atoms with Crippen LogP contribution in [0, 0.1) is 6.92 Å². The number of halogens is 1. The normalized spacial score (nSPS) is 11.5. The Labute approximate surface area is 144 Å². The molecule has 24 heavy (non-hydrogen) atoms. The van der Waals surface area contributed by atoms with E-state index in [1.165, 1.54) is 18.4 Å². The first kappa shape index (κ1) is 15.0. The van der Waals surface area contributed by atoms with Crippen LogP contribution >= 0.6 is 22.9 Å². The van der Waals surface area contributed by atoms with Gasteiger partial charge in [-0.05, 0) is 12.5 Å². The van der Waals surface area contributed by atoms with Crippen molar-refractivity contribution in [2.45, 2.75) is 6.92 Å². The monoisotopic (exact) mass is 362 g/mol. The van der Waals surface area contributed by atoms with Crippen molar-refractivity contribution in [3.63, 3.8) is 0 Å². The molecule has 0 aliphatic rings. The van der Waals surface area contributed by atoms with E-state index >= 15 is 0 Å². The van der Waals surface area contributed by atoms with E-state index in [0.29, 0.717) is 31.9 Å². The van der Waals surface area contributed by atoms with Gasteiger partial charge >= 0.3 is 5.97 Å². The van der Waals surface area contributed by atoms with Crippen molar-refractivity contribution in [2.24, 2.45) is 7.05 Å². The van der Waals surface area contributed by atoms with Crippen LogP contribution in [0.2, 0.25) is 5.02 Å². The van der Waals surface area contributed by atoms with Gasteiger partial charge in [0.25, 0.3) is 0 Å². The average molecular weight is 363 g/mol. The summed E-state index contributed by atoms with van der Waals surface area (Å²) >= 11 is 7.44. The maximum Gasteiger partial charge on any atom is 0.348 e. The number of methoxy groups -OCH3 is 1. The van der Waals surface area contributed by atoms with Crippen molar-refractivity contribution >= 4 is 44.8 Å². The second kappa shape index (κ2) is 5.25. The summed E-state index contributed by atoms with van der Waals surface area (Å²) in [7, 11) is 3.13. The minimum absolute atomic E-state index is 0.388. The largest absolute Gasteiger partial charge is 0.465 e. The third kappa shape index (κ3) is 2.09. The molecule has 4 heterocycles. The molecule has 122 valence electrons. The molecular formula is C14H11ClN6O2S. The Kier molecular flexibility index (Phi) is 3.29. The van der Waals surface area contributed by atoms with Gasteiger partial charge in [-0.25, -0.2) is 19.3 Å². The molecule has 0 saturated heterocycles. The molecule has 0 unspecified atom stereocenters. The maximum absolute atomic E-state index is 11.9. The third-order valence-corrected chi connectivity index (χ3v) is 5.09. The zero-order valence-corrected chi connectivity index (χ0v) is 14.5. The van der Waals surface area contributed by atoms with Crippen LogP contribution in [-0.2, 0) is 11.8 Å². The van der Waals surface area contributed by atoms with Crippen molar-refractivity contribution in [3.8, 4) is 11.5 Å². The van der Waals surface area contributed by atoms with E-state index < -0.39 is 0 Å². The molecule has 4 aromatic rings. The van der Waals surface area contributed by atoms with Crippen LogP contribution in [0.15, 0.2) is 12.5 Å². The van der Waals surface area contributed by atoms with E-state index in [1.807, 2.05) is 6.92 Å². The van der Waals surface area contributed by atoms with Gasteiger partial charge in [0.2, 0.25) is 5.82 Å². The summed E-state index contributed by atoms with van der Waals surface area (Å²) in [5.74, 6) is 0.0151. The molecular weight excluding hydrogens is 352 g/mol. The van der Waals surface area contributed by atoms with E-state index in [2.05, 4.69) is 20.2 Å². The topological polar surface area (TPSA) is 87.2 Å². The Morgan fingerprint density at radius 2 is 2.17 bits per heavy atom.